The van der Waals surface area contributed by atoms with E-state index in [4.69, 9.17) is 0 Å². The van der Waals surface area contributed by atoms with Crippen LogP contribution in [0.25, 0.3) is 0 Å². The van der Waals surface area contributed by atoms with E-state index in [1.807, 2.05) is 41.5 Å². The van der Waals surface area contributed by atoms with Crippen molar-refractivity contribution in [2.75, 3.05) is 31.9 Å². The third-order valence-electron chi connectivity index (χ3n) is 10.5. The smallest absolute Gasteiger partial charge is 0.315 e. The van der Waals surface area contributed by atoms with Crippen molar-refractivity contribution in [1.29, 1.82) is 0 Å². The zero-order valence-electron chi connectivity index (χ0n) is 31.1. The third kappa shape index (κ3) is 9.62. The highest BCUT2D eigenvalue weighted by Gasteiger charge is 2.70. The molecule has 2 aliphatic carbocycles. The summed E-state index contributed by atoms with van der Waals surface area (Å²) in [6.45, 7) is 22.9. The molecule has 2 saturated carbocycles. The van der Waals surface area contributed by atoms with Crippen LogP contribution < -0.4 is 21.3 Å². The minimum Gasteiger partial charge on any atom is -0.346 e. The van der Waals surface area contributed by atoms with Crippen molar-refractivity contribution in [3.8, 4) is 0 Å². The third-order valence-corrected chi connectivity index (χ3v) is 12.4. The van der Waals surface area contributed by atoms with Gasteiger partial charge in [-0.3, -0.25) is 19.2 Å². The summed E-state index contributed by atoms with van der Waals surface area (Å²) < 4.78 is 26.7. The van der Waals surface area contributed by atoms with Gasteiger partial charge in [0.15, 0.2) is 0 Å². The van der Waals surface area contributed by atoms with Gasteiger partial charge in [0.05, 0.1) is 11.8 Å². The Bertz CT molecular complexity index is 1400. The average molecular weight is 709 g/mol. The maximum atomic E-state index is 14.4. The van der Waals surface area contributed by atoms with Crippen LogP contribution in [0.3, 0.4) is 0 Å². The molecule has 0 aromatic carbocycles. The van der Waals surface area contributed by atoms with E-state index in [-0.39, 0.29) is 48.6 Å². The number of nitrogens with zero attached hydrogens (tertiary/aromatic N) is 2. The molecule has 0 bridgehead atoms. The SMILES string of the molecule is C=CCNC(=O)C(=O)C(CC1CC1)NC(=O)[C@@H]1[C@@H]2[C@H](CN1C(=O)[C@@H](NC(=O)N[C@H](CN(CC)S(=O)(=O)CC)C(C)(C)C)C(C)(C)C)C2(C)C. The number of rotatable bonds is 16. The Morgan fingerprint density at radius 3 is 2.08 bits per heavy atom. The Hall–Kier alpha value is -3.00. The van der Waals surface area contributed by atoms with E-state index >= 15 is 0 Å². The van der Waals surface area contributed by atoms with Crippen molar-refractivity contribution in [1.82, 2.24) is 30.5 Å². The number of sulfonamides is 1. The monoisotopic (exact) mass is 708 g/mol. The lowest BCUT2D eigenvalue weighted by molar-refractivity contribution is -0.145. The molecule has 1 aliphatic heterocycles. The van der Waals surface area contributed by atoms with Gasteiger partial charge < -0.3 is 26.2 Å². The second-order valence-electron chi connectivity index (χ2n) is 16.7. The zero-order chi connectivity index (χ0) is 37.3. The molecule has 0 aromatic heterocycles. The highest BCUT2D eigenvalue weighted by Crippen LogP contribution is 2.65. The summed E-state index contributed by atoms with van der Waals surface area (Å²) in [6.07, 6.45) is 3.65. The molecule has 3 aliphatic rings. The van der Waals surface area contributed by atoms with Crippen molar-refractivity contribution >= 4 is 39.6 Å². The number of likely N-dealkylation sites (tertiary alicyclic amines) is 1. The number of nitrogens with one attached hydrogen (secondary N) is 4. The predicted molar refractivity (Wildman–Crippen MR) is 189 cm³/mol. The lowest BCUT2D eigenvalue weighted by atomic mass is 9.85. The summed E-state index contributed by atoms with van der Waals surface area (Å²) >= 11 is 0. The van der Waals surface area contributed by atoms with Gasteiger partial charge in [-0.25, -0.2) is 17.5 Å². The van der Waals surface area contributed by atoms with Gasteiger partial charge in [0.1, 0.15) is 12.1 Å². The minimum atomic E-state index is -3.51. The summed E-state index contributed by atoms with van der Waals surface area (Å²) in [7, 11) is -3.51. The molecule has 5 amide bonds. The van der Waals surface area contributed by atoms with E-state index in [1.54, 1.807) is 13.8 Å². The summed E-state index contributed by atoms with van der Waals surface area (Å²) in [6, 6.07) is -4.12. The van der Waals surface area contributed by atoms with E-state index in [0.29, 0.717) is 13.0 Å². The standard InChI is InChI=1S/C35H60N6O7S/c1-12-17-36-30(44)27(42)23(18-21-15-16-21)37-29(43)26-25-22(35(25,10)11)19-41(26)31(45)28(34(7,8)9)39-32(46)38-24(33(4,5)6)20-40(13-2)49(47,48)14-3/h12,21-26,28H,1,13-20H2,2-11H3,(H,36,44)(H,37,43)(H2,38,39,46)/t22-,23?,24+,25-,26-,28+/m0/s1. The van der Waals surface area contributed by atoms with Crippen LogP contribution in [0.4, 0.5) is 4.79 Å². The Morgan fingerprint density at radius 1 is 0.980 bits per heavy atom. The fourth-order valence-electron chi connectivity index (χ4n) is 6.91. The Kier molecular flexibility index (Phi) is 12.4. The summed E-state index contributed by atoms with van der Waals surface area (Å²) in [4.78, 5) is 69.3. The van der Waals surface area contributed by atoms with Crippen molar-refractivity contribution < 1.29 is 32.4 Å². The first-order chi connectivity index (χ1) is 22.5. The highest BCUT2D eigenvalue weighted by atomic mass is 32.2. The molecule has 3 fully saturated rings. The molecule has 278 valence electrons. The van der Waals surface area contributed by atoms with Crippen LogP contribution in [0.5, 0.6) is 0 Å². The number of urea groups is 1. The molecule has 3 rings (SSSR count). The van der Waals surface area contributed by atoms with E-state index in [9.17, 15) is 32.4 Å². The number of fused-ring (bicyclic) bond motifs is 1. The second-order valence-corrected chi connectivity index (χ2v) is 18.9. The van der Waals surface area contributed by atoms with Gasteiger partial charge in [0.25, 0.3) is 5.91 Å². The number of carbonyl (C=O) groups excluding carboxylic acids is 5. The topological polar surface area (TPSA) is 174 Å². The largest absolute Gasteiger partial charge is 0.346 e. The quantitative estimate of drug-likeness (QED) is 0.141. The van der Waals surface area contributed by atoms with Crippen LogP contribution in [0.1, 0.15) is 88.5 Å². The summed E-state index contributed by atoms with van der Waals surface area (Å²) in [5.41, 5.74) is -1.48. The van der Waals surface area contributed by atoms with Gasteiger partial charge in [-0.2, -0.15) is 0 Å². The van der Waals surface area contributed by atoms with E-state index in [0.717, 1.165) is 12.8 Å². The number of ketones is 1. The minimum absolute atomic E-state index is 0.0564. The molecule has 0 radical (unpaired) electrons. The van der Waals surface area contributed by atoms with Crippen LogP contribution in [-0.4, -0.2) is 103 Å². The first-order valence-electron chi connectivity index (χ1n) is 17.6. The molecule has 49 heavy (non-hydrogen) atoms. The maximum absolute atomic E-state index is 14.4. The number of carbonyl (C=O) groups is 5. The Labute approximate surface area is 293 Å². The molecule has 1 saturated heterocycles. The summed E-state index contributed by atoms with van der Waals surface area (Å²) in [5, 5.41) is 11.1. The van der Waals surface area contributed by atoms with Gasteiger partial charge in [-0.1, -0.05) is 81.2 Å². The summed E-state index contributed by atoms with van der Waals surface area (Å²) in [5.74, 6) is -2.34. The van der Waals surface area contributed by atoms with Crippen molar-refractivity contribution in [2.24, 2.45) is 34.0 Å². The van der Waals surface area contributed by atoms with Crippen LogP contribution in [-0.2, 0) is 29.2 Å². The molecule has 0 aromatic rings. The van der Waals surface area contributed by atoms with Crippen LogP contribution >= 0.6 is 0 Å². The molecule has 0 spiro atoms. The Morgan fingerprint density at radius 2 is 1.59 bits per heavy atom. The first-order valence-corrected chi connectivity index (χ1v) is 19.2. The molecule has 14 heteroatoms. The van der Waals surface area contributed by atoms with Crippen molar-refractivity contribution in [2.45, 2.75) is 113 Å². The fraction of sp³-hybridized carbons (Fsp3) is 0.800. The molecule has 1 unspecified atom stereocenters. The number of piperidine rings is 1. The number of Topliss-reactive ketones (excluding diaryl/α,β-unsaturated/α-hetero) is 1. The average Bonchev–Trinajstić information content (AvgIpc) is 3.85. The normalized spacial score (nSPS) is 23.5. The fourth-order valence-corrected chi connectivity index (χ4v) is 8.04. The highest BCUT2D eigenvalue weighted by molar-refractivity contribution is 7.89. The lowest BCUT2D eigenvalue weighted by Gasteiger charge is -2.39. The first kappa shape index (κ1) is 40.4. The zero-order valence-corrected chi connectivity index (χ0v) is 32.0. The van der Waals surface area contributed by atoms with Crippen molar-refractivity contribution in [3.63, 3.8) is 0 Å². The molecule has 6 atom stereocenters. The maximum Gasteiger partial charge on any atom is 0.315 e. The Balaban J connectivity index is 1.84. The van der Waals surface area contributed by atoms with Gasteiger partial charge in [-0.15, -0.1) is 6.58 Å². The van der Waals surface area contributed by atoms with E-state index in [2.05, 4.69) is 41.7 Å². The molecule has 4 N–H and O–H groups in total. The van der Waals surface area contributed by atoms with Crippen molar-refractivity contribution in [3.05, 3.63) is 12.7 Å². The van der Waals surface area contributed by atoms with Crippen LogP contribution in [0, 0.1) is 34.0 Å². The van der Waals surface area contributed by atoms with Gasteiger partial charge in [-0.05, 0) is 47.3 Å². The lowest BCUT2D eigenvalue weighted by Crippen LogP contribution is -2.63. The second kappa shape index (κ2) is 15.1. The molecular formula is C35H60N6O7S. The number of amides is 5. The molecular weight excluding hydrogens is 648 g/mol. The van der Waals surface area contributed by atoms with Crippen LogP contribution in [0.2, 0.25) is 0 Å². The number of hydrogen-bond acceptors (Lipinski definition) is 7. The molecule has 1 heterocycles. The van der Waals surface area contributed by atoms with Crippen LogP contribution in [0.15, 0.2) is 12.7 Å². The number of hydrogen-bond donors (Lipinski definition) is 4. The van der Waals surface area contributed by atoms with Gasteiger partial charge in [0.2, 0.25) is 27.6 Å². The van der Waals surface area contributed by atoms with Gasteiger partial charge in [0, 0.05) is 32.2 Å². The number of likely N-dealkylation sites (N-methyl/N-ethyl adjacent to an activating group) is 1. The molecule has 13 nitrogen and oxygen atoms in total. The van der Waals surface area contributed by atoms with Gasteiger partial charge >= 0.3 is 6.03 Å². The van der Waals surface area contributed by atoms with E-state index in [1.165, 1.54) is 15.3 Å². The predicted octanol–water partition coefficient (Wildman–Crippen LogP) is 2.43. The van der Waals surface area contributed by atoms with E-state index < -0.39 is 74.6 Å².